The van der Waals surface area contributed by atoms with Gasteiger partial charge < -0.3 is 4.74 Å². The van der Waals surface area contributed by atoms with Crippen molar-refractivity contribution < 1.29 is 4.74 Å². The van der Waals surface area contributed by atoms with Gasteiger partial charge in [0.2, 0.25) is 0 Å². The van der Waals surface area contributed by atoms with Crippen molar-refractivity contribution in [2.45, 2.75) is 38.3 Å². The number of halogens is 1. The lowest BCUT2D eigenvalue weighted by molar-refractivity contribution is 0.106. The fraction of sp³-hybridized carbons (Fsp3) is 0.636. The topological polar surface area (TPSA) is 47.3 Å². The van der Waals surface area contributed by atoms with Crippen molar-refractivity contribution in [2.24, 2.45) is 5.84 Å². The minimum atomic E-state index is 0.297. The van der Waals surface area contributed by atoms with Crippen LogP contribution in [0.2, 0.25) is 0 Å². The summed E-state index contributed by atoms with van der Waals surface area (Å²) in [4.78, 5) is 1.35. The molecule has 2 unspecified atom stereocenters. The molecule has 16 heavy (non-hydrogen) atoms. The Kier molecular flexibility index (Phi) is 6.53. The molecule has 0 fully saturated rings. The maximum atomic E-state index is 5.56. The number of hydrogen-bond donors (Lipinski definition) is 2. The van der Waals surface area contributed by atoms with Crippen LogP contribution in [0.15, 0.2) is 15.9 Å². The second-order valence-corrected chi connectivity index (χ2v) is 5.83. The Balaban J connectivity index is 2.37. The average Bonchev–Trinajstić information content (AvgIpc) is 2.69. The number of nitrogens with two attached hydrogens (primary N) is 1. The molecule has 0 spiro atoms. The Bertz CT molecular complexity index is 306. The molecule has 5 heteroatoms. The van der Waals surface area contributed by atoms with Crippen LogP contribution in [0.3, 0.4) is 0 Å². The van der Waals surface area contributed by atoms with Crippen molar-refractivity contribution in [3.8, 4) is 0 Å². The van der Waals surface area contributed by atoms with Gasteiger partial charge >= 0.3 is 0 Å². The summed E-state index contributed by atoms with van der Waals surface area (Å²) in [6, 6.07) is 2.47. The molecule has 3 nitrogen and oxygen atoms in total. The largest absolute Gasteiger partial charge is 0.382 e. The van der Waals surface area contributed by atoms with E-state index in [2.05, 4.69) is 39.7 Å². The summed E-state index contributed by atoms with van der Waals surface area (Å²) in [5.41, 5.74) is 2.88. The van der Waals surface area contributed by atoms with E-state index in [-0.39, 0.29) is 0 Å². The third-order valence-electron chi connectivity index (χ3n) is 2.63. The van der Waals surface area contributed by atoms with E-state index >= 15 is 0 Å². The first-order chi connectivity index (χ1) is 7.65. The molecule has 3 N–H and O–H groups in total. The maximum absolute atomic E-state index is 5.56. The second kappa shape index (κ2) is 7.40. The highest BCUT2D eigenvalue weighted by molar-refractivity contribution is 9.10. The van der Waals surface area contributed by atoms with Crippen LogP contribution in [0.4, 0.5) is 0 Å². The molecule has 0 aliphatic rings. The smallest absolute Gasteiger partial charge is 0.0543 e. The van der Waals surface area contributed by atoms with Gasteiger partial charge in [-0.05, 0) is 48.2 Å². The molecule has 2 atom stereocenters. The van der Waals surface area contributed by atoms with Gasteiger partial charge in [0.1, 0.15) is 0 Å². The number of hydrogen-bond acceptors (Lipinski definition) is 4. The quantitative estimate of drug-likeness (QED) is 0.601. The molecule has 0 bridgehead atoms. The van der Waals surface area contributed by atoms with E-state index in [1.54, 1.807) is 18.4 Å². The molecule has 0 aromatic carbocycles. The van der Waals surface area contributed by atoms with Crippen molar-refractivity contribution in [3.05, 3.63) is 20.8 Å². The van der Waals surface area contributed by atoms with Crippen LogP contribution in [-0.4, -0.2) is 19.3 Å². The van der Waals surface area contributed by atoms with Gasteiger partial charge in [0.05, 0.1) is 6.10 Å². The summed E-state index contributed by atoms with van der Waals surface area (Å²) in [5, 5.41) is 2.10. The SMILES string of the molecule is COC(C)CCC(Cc1cc(Br)cs1)NN. The predicted molar refractivity (Wildman–Crippen MR) is 72.5 cm³/mol. The molecule has 0 amide bonds. The third-order valence-corrected chi connectivity index (χ3v) is 4.35. The van der Waals surface area contributed by atoms with Crippen LogP contribution in [0.25, 0.3) is 0 Å². The molecule has 0 saturated heterocycles. The summed E-state index contributed by atoms with van der Waals surface area (Å²) < 4.78 is 6.37. The highest BCUT2D eigenvalue weighted by Crippen LogP contribution is 2.21. The lowest BCUT2D eigenvalue weighted by atomic mass is 10.1. The lowest BCUT2D eigenvalue weighted by Crippen LogP contribution is -2.37. The Morgan fingerprint density at radius 1 is 1.56 bits per heavy atom. The summed E-state index contributed by atoms with van der Waals surface area (Å²) in [7, 11) is 1.74. The van der Waals surface area contributed by atoms with Gasteiger partial charge in [-0.3, -0.25) is 11.3 Å². The van der Waals surface area contributed by atoms with E-state index in [9.17, 15) is 0 Å². The van der Waals surface area contributed by atoms with Crippen LogP contribution < -0.4 is 11.3 Å². The molecule has 1 aromatic heterocycles. The molecule has 1 aromatic rings. The molecule has 0 aliphatic heterocycles. The first-order valence-corrected chi connectivity index (χ1v) is 7.04. The first-order valence-electron chi connectivity index (χ1n) is 5.37. The zero-order chi connectivity index (χ0) is 12.0. The van der Waals surface area contributed by atoms with Crippen LogP contribution >= 0.6 is 27.3 Å². The van der Waals surface area contributed by atoms with Crippen LogP contribution in [0.1, 0.15) is 24.6 Å². The predicted octanol–water partition coefficient (Wildman–Crippen LogP) is 2.70. The highest BCUT2D eigenvalue weighted by atomic mass is 79.9. The lowest BCUT2D eigenvalue weighted by Gasteiger charge is -2.17. The van der Waals surface area contributed by atoms with Crippen molar-refractivity contribution in [2.75, 3.05) is 7.11 Å². The molecule has 0 aliphatic carbocycles. The van der Waals surface area contributed by atoms with Gasteiger partial charge in [-0.25, -0.2) is 0 Å². The first kappa shape index (κ1) is 14.1. The Hall–Kier alpha value is 0.0600. The molecule has 1 heterocycles. The molecular formula is C11H19BrN2OS. The zero-order valence-electron chi connectivity index (χ0n) is 9.70. The minimum absolute atomic E-state index is 0.297. The summed E-state index contributed by atoms with van der Waals surface area (Å²) in [6.45, 7) is 2.08. The van der Waals surface area contributed by atoms with Crippen LogP contribution in [0, 0.1) is 0 Å². The van der Waals surface area contributed by atoms with E-state index in [0.29, 0.717) is 12.1 Å². The number of ether oxygens (including phenoxy) is 1. The number of nitrogens with one attached hydrogen (secondary N) is 1. The summed E-state index contributed by atoms with van der Waals surface area (Å²) >= 11 is 5.22. The van der Waals surface area contributed by atoms with Crippen molar-refractivity contribution in [1.29, 1.82) is 0 Å². The normalized spacial score (nSPS) is 15.0. The fourth-order valence-electron chi connectivity index (χ4n) is 1.50. The van der Waals surface area contributed by atoms with Gasteiger partial charge in [0, 0.05) is 27.9 Å². The molecule has 92 valence electrons. The Labute approximate surface area is 109 Å². The summed E-state index contributed by atoms with van der Waals surface area (Å²) in [5.74, 6) is 5.56. The van der Waals surface area contributed by atoms with E-state index in [4.69, 9.17) is 10.6 Å². The monoisotopic (exact) mass is 306 g/mol. The number of hydrazine groups is 1. The Morgan fingerprint density at radius 2 is 2.31 bits per heavy atom. The maximum Gasteiger partial charge on any atom is 0.0543 e. The van der Waals surface area contributed by atoms with Crippen molar-refractivity contribution in [3.63, 3.8) is 0 Å². The van der Waals surface area contributed by atoms with Gasteiger partial charge in [0.15, 0.2) is 0 Å². The average molecular weight is 307 g/mol. The van der Waals surface area contributed by atoms with E-state index < -0.39 is 0 Å². The van der Waals surface area contributed by atoms with E-state index in [1.807, 2.05) is 0 Å². The highest BCUT2D eigenvalue weighted by Gasteiger charge is 2.11. The zero-order valence-corrected chi connectivity index (χ0v) is 12.1. The number of methoxy groups -OCH3 is 1. The van der Waals surface area contributed by atoms with Gasteiger partial charge in [-0.2, -0.15) is 0 Å². The number of thiophene rings is 1. The second-order valence-electron chi connectivity index (χ2n) is 3.92. The number of rotatable bonds is 7. The van der Waals surface area contributed by atoms with Crippen LogP contribution in [0.5, 0.6) is 0 Å². The molecule has 0 radical (unpaired) electrons. The van der Waals surface area contributed by atoms with Gasteiger partial charge in [-0.1, -0.05) is 0 Å². The standard InChI is InChI=1S/C11H19BrN2OS/c1-8(15-2)3-4-10(14-13)6-11-5-9(12)7-16-11/h5,7-8,10,14H,3-4,6,13H2,1-2H3. The molecular weight excluding hydrogens is 288 g/mol. The van der Waals surface area contributed by atoms with Gasteiger partial charge in [0.25, 0.3) is 0 Å². The molecule has 0 saturated carbocycles. The molecule has 1 rings (SSSR count). The van der Waals surface area contributed by atoms with Crippen molar-refractivity contribution >= 4 is 27.3 Å². The Morgan fingerprint density at radius 3 is 2.81 bits per heavy atom. The third kappa shape index (κ3) is 4.93. The van der Waals surface area contributed by atoms with Crippen LogP contribution in [-0.2, 0) is 11.2 Å². The summed E-state index contributed by atoms with van der Waals surface area (Å²) in [6.07, 6.45) is 3.33. The van der Waals surface area contributed by atoms with E-state index in [1.165, 1.54) is 4.88 Å². The minimum Gasteiger partial charge on any atom is -0.382 e. The van der Waals surface area contributed by atoms with Crippen molar-refractivity contribution in [1.82, 2.24) is 5.43 Å². The van der Waals surface area contributed by atoms with E-state index in [0.717, 1.165) is 23.7 Å². The fourth-order valence-corrected chi connectivity index (χ4v) is 3.03. The van der Waals surface area contributed by atoms with Gasteiger partial charge in [-0.15, -0.1) is 11.3 Å².